The maximum atomic E-state index is 11.9. The lowest BCUT2D eigenvalue weighted by molar-refractivity contribution is -0.138. The fourth-order valence-corrected chi connectivity index (χ4v) is 3.08. The number of hydrogen-bond acceptors (Lipinski definition) is 7. The van der Waals surface area contributed by atoms with E-state index in [0.717, 1.165) is 0 Å². The molecule has 1 aliphatic heterocycles. The monoisotopic (exact) mass is 401 g/mol. The van der Waals surface area contributed by atoms with Crippen LogP contribution in [-0.2, 0) is 28.7 Å². The second-order valence-corrected chi connectivity index (χ2v) is 7.01. The van der Waals surface area contributed by atoms with Crippen LogP contribution in [0, 0.1) is 0 Å². The van der Waals surface area contributed by atoms with E-state index in [9.17, 15) is 19.2 Å². The second-order valence-electron chi connectivity index (χ2n) is 5.97. The van der Waals surface area contributed by atoms with Gasteiger partial charge in [-0.2, -0.15) is 0 Å². The van der Waals surface area contributed by atoms with Crippen LogP contribution in [0.2, 0.25) is 0 Å². The largest absolute Gasteiger partial charge is 0.377 e. The molecule has 27 heavy (non-hydrogen) atoms. The molecule has 9 nitrogen and oxygen atoms in total. The maximum Gasteiger partial charge on any atom is 0.241 e. The van der Waals surface area contributed by atoms with Crippen LogP contribution in [0.5, 0.6) is 0 Å². The fourth-order valence-electron chi connectivity index (χ4n) is 2.44. The number of ether oxygens (including phenoxy) is 2. The number of carbonyl (C=O) groups is 4. The summed E-state index contributed by atoms with van der Waals surface area (Å²) in [4.78, 5) is 47.3. The molecule has 0 bridgehead atoms. The van der Waals surface area contributed by atoms with Crippen molar-refractivity contribution < 1.29 is 28.7 Å². The first kappa shape index (κ1) is 23.5. The first-order valence-electron chi connectivity index (χ1n) is 8.99. The highest BCUT2D eigenvalue weighted by molar-refractivity contribution is 8.20. The minimum Gasteiger partial charge on any atom is -0.377 e. The zero-order valence-corrected chi connectivity index (χ0v) is 16.8. The number of imide groups is 1. The van der Waals surface area contributed by atoms with Gasteiger partial charge < -0.3 is 20.1 Å². The molecule has 1 atom stereocenters. The van der Waals surface area contributed by atoms with Gasteiger partial charge in [0.2, 0.25) is 23.6 Å². The van der Waals surface area contributed by atoms with E-state index in [1.807, 2.05) is 7.12 Å². The van der Waals surface area contributed by atoms with Gasteiger partial charge >= 0.3 is 0 Å². The van der Waals surface area contributed by atoms with Gasteiger partial charge in [0.05, 0.1) is 31.7 Å². The third kappa shape index (κ3) is 9.78. The number of rotatable bonds is 14. The van der Waals surface area contributed by atoms with E-state index in [0.29, 0.717) is 45.9 Å². The van der Waals surface area contributed by atoms with Gasteiger partial charge in [-0.1, -0.05) is 0 Å². The molecule has 1 saturated heterocycles. The zero-order valence-electron chi connectivity index (χ0n) is 16.0. The SMILES string of the molecule is BSC1CC(=O)N(CCCC(=O)NCCOCCOCCNC(C)=O)C1=O. The summed E-state index contributed by atoms with van der Waals surface area (Å²) >= 11 is 1.38. The first-order chi connectivity index (χ1) is 13.0. The van der Waals surface area contributed by atoms with Crippen LogP contribution in [0.15, 0.2) is 0 Å². The van der Waals surface area contributed by atoms with Gasteiger partial charge in [-0.3, -0.25) is 24.1 Å². The van der Waals surface area contributed by atoms with Crippen LogP contribution in [0.4, 0.5) is 0 Å². The molecule has 0 aromatic carbocycles. The summed E-state index contributed by atoms with van der Waals surface area (Å²) in [5, 5.41) is 5.07. The highest BCUT2D eigenvalue weighted by Crippen LogP contribution is 2.22. The van der Waals surface area contributed by atoms with Crippen LogP contribution in [-0.4, -0.2) is 87.0 Å². The molecule has 0 aromatic heterocycles. The van der Waals surface area contributed by atoms with Gasteiger partial charge in [-0.25, -0.2) is 11.6 Å². The predicted molar refractivity (Wildman–Crippen MR) is 104 cm³/mol. The lowest BCUT2D eigenvalue weighted by Gasteiger charge is -2.14. The summed E-state index contributed by atoms with van der Waals surface area (Å²) in [5.74, 6) is -0.535. The molecule has 4 amide bonds. The Morgan fingerprint density at radius 2 is 1.78 bits per heavy atom. The summed E-state index contributed by atoms with van der Waals surface area (Å²) in [5.41, 5.74) is 0. The van der Waals surface area contributed by atoms with E-state index in [1.165, 1.54) is 23.4 Å². The normalized spacial score (nSPS) is 16.6. The van der Waals surface area contributed by atoms with Crippen LogP contribution in [0.25, 0.3) is 0 Å². The molecule has 11 heteroatoms. The summed E-state index contributed by atoms with van der Waals surface area (Å²) in [6.07, 6.45) is 0.959. The van der Waals surface area contributed by atoms with Gasteiger partial charge in [0.1, 0.15) is 0 Å². The van der Waals surface area contributed by atoms with E-state index in [1.54, 1.807) is 0 Å². The molecule has 0 aliphatic carbocycles. The van der Waals surface area contributed by atoms with E-state index in [2.05, 4.69) is 10.6 Å². The quantitative estimate of drug-likeness (QED) is 0.206. The highest BCUT2D eigenvalue weighted by atomic mass is 32.2. The van der Waals surface area contributed by atoms with Crippen molar-refractivity contribution in [3.8, 4) is 0 Å². The van der Waals surface area contributed by atoms with Crippen molar-refractivity contribution in [2.24, 2.45) is 0 Å². The minimum absolute atomic E-state index is 0.0895. The molecule has 1 aliphatic rings. The molecule has 1 unspecified atom stereocenters. The average Bonchev–Trinajstić information content (AvgIpc) is 2.90. The van der Waals surface area contributed by atoms with Crippen molar-refractivity contribution >= 4 is 42.4 Å². The Labute approximate surface area is 164 Å². The molecular formula is C16H28BN3O6S. The zero-order chi connectivity index (χ0) is 20.1. The fraction of sp³-hybridized carbons (Fsp3) is 0.750. The summed E-state index contributed by atoms with van der Waals surface area (Å²) in [6.45, 7) is 4.23. The maximum absolute atomic E-state index is 11.9. The first-order valence-corrected chi connectivity index (χ1v) is 10.3. The Morgan fingerprint density at radius 1 is 1.15 bits per heavy atom. The Bertz CT molecular complexity index is 522. The molecule has 1 rings (SSSR count). The molecule has 1 heterocycles. The van der Waals surface area contributed by atoms with Gasteiger partial charge in [0.25, 0.3) is 0 Å². The highest BCUT2D eigenvalue weighted by Gasteiger charge is 2.37. The molecule has 2 N–H and O–H groups in total. The third-order valence-corrected chi connectivity index (χ3v) is 4.77. The number of amides is 4. The Hall–Kier alpha value is -1.59. The Kier molecular flexibility index (Phi) is 11.8. The lowest BCUT2D eigenvalue weighted by Crippen LogP contribution is -2.33. The number of nitrogens with one attached hydrogen (secondary N) is 2. The van der Waals surface area contributed by atoms with Crippen molar-refractivity contribution in [1.29, 1.82) is 0 Å². The predicted octanol–water partition coefficient (Wildman–Crippen LogP) is -1.54. The molecule has 0 aromatic rings. The van der Waals surface area contributed by atoms with E-state index < -0.39 is 0 Å². The Balaban J connectivity index is 1.95. The van der Waals surface area contributed by atoms with E-state index in [-0.39, 0.29) is 48.3 Å². The van der Waals surface area contributed by atoms with Crippen LogP contribution in [0.3, 0.4) is 0 Å². The van der Waals surface area contributed by atoms with Crippen molar-refractivity contribution in [2.75, 3.05) is 46.1 Å². The summed E-state index contributed by atoms with van der Waals surface area (Å²) < 4.78 is 10.6. The summed E-state index contributed by atoms with van der Waals surface area (Å²) in [6, 6.07) is 0. The van der Waals surface area contributed by atoms with E-state index in [4.69, 9.17) is 9.47 Å². The molecular weight excluding hydrogens is 373 g/mol. The second kappa shape index (κ2) is 13.6. The van der Waals surface area contributed by atoms with Gasteiger partial charge in [-0.05, 0) is 6.42 Å². The Morgan fingerprint density at radius 3 is 2.33 bits per heavy atom. The molecule has 1 fully saturated rings. The topological polar surface area (TPSA) is 114 Å². The minimum atomic E-state index is -0.280. The van der Waals surface area contributed by atoms with Crippen molar-refractivity contribution in [2.45, 2.75) is 31.4 Å². The molecule has 0 spiro atoms. The van der Waals surface area contributed by atoms with Crippen molar-refractivity contribution in [1.82, 2.24) is 15.5 Å². The van der Waals surface area contributed by atoms with Crippen LogP contribution < -0.4 is 10.6 Å². The molecule has 0 saturated carbocycles. The van der Waals surface area contributed by atoms with Crippen LogP contribution in [0.1, 0.15) is 26.2 Å². The number of hydrogen-bond donors (Lipinski definition) is 2. The van der Waals surface area contributed by atoms with E-state index >= 15 is 0 Å². The number of nitrogens with zero attached hydrogens (tertiary/aromatic N) is 1. The van der Waals surface area contributed by atoms with Crippen molar-refractivity contribution in [3.63, 3.8) is 0 Å². The van der Waals surface area contributed by atoms with Gasteiger partial charge in [-0.15, -0.1) is 0 Å². The standard InChI is InChI=1S/C16H28BN3O6S/c1-12(21)18-4-7-25-9-10-26-8-5-19-14(22)3-2-6-20-15(23)11-13(27-17)16(20)24/h13H,2-11,17H2,1H3,(H,18,21)(H,19,22). The van der Waals surface area contributed by atoms with Gasteiger partial charge in [0.15, 0.2) is 7.12 Å². The lowest BCUT2D eigenvalue weighted by atomic mass is 10.3. The third-order valence-electron chi connectivity index (χ3n) is 3.83. The smallest absolute Gasteiger partial charge is 0.241 e. The number of likely N-dealkylation sites (tertiary alicyclic amines) is 1. The summed E-state index contributed by atoms with van der Waals surface area (Å²) in [7, 11) is 1.81. The molecule has 152 valence electrons. The average molecular weight is 401 g/mol. The number of carbonyl (C=O) groups excluding carboxylic acids is 4. The van der Waals surface area contributed by atoms with Crippen molar-refractivity contribution in [3.05, 3.63) is 0 Å². The molecule has 0 radical (unpaired) electrons. The van der Waals surface area contributed by atoms with Gasteiger partial charge in [0, 0.05) is 39.4 Å². The van der Waals surface area contributed by atoms with Crippen LogP contribution >= 0.6 is 11.6 Å².